The van der Waals surface area contributed by atoms with Crippen molar-refractivity contribution in [3.8, 4) is 0 Å². The fraction of sp³-hybridized carbons (Fsp3) is 0.609. The number of piperidine rings is 1. The number of nitrogens with one attached hydrogen (secondary N) is 1. The maximum Gasteiger partial charge on any atom is 0.267 e. The van der Waals surface area contributed by atoms with Crippen LogP contribution in [0.15, 0.2) is 21.3 Å². The van der Waals surface area contributed by atoms with Crippen molar-refractivity contribution in [2.75, 3.05) is 19.6 Å². The number of rotatable bonds is 6. The Morgan fingerprint density at radius 2 is 2.00 bits per heavy atom. The molecule has 1 atom stereocenters. The predicted molar refractivity (Wildman–Crippen MR) is 115 cm³/mol. The van der Waals surface area contributed by atoms with E-state index in [1.807, 2.05) is 13.8 Å². The van der Waals surface area contributed by atoms with Gasteiger partial charge in [0.15, 0.2) is 0 Å². The van der Waals surface area contributed by atoms with Gasteiger partial charge in [-0.3, -0.25) is 14.5 Å². The van der Waals surface area contributed by atoms with E-state index in [1.165, 1.54) is 0 Å². The van der Waals surface area contributed by atoms with Crippen LogP contribution in [0.25, 0.3) is 0 Å². The van der Waals surface area contributed by atoms with Gasteiger partial charge in [0.05, 0.1) is 17.8 Å². The number of nitrogens with zero attached hydrogens (tertiary/aromatic N) is 3. The molecule has 0 saturated carbocycles. The molecule has 2 aliphatic rings. The van der Waals surface area contributed by atoms with Crippen molar-refractivity contribution >= 4 is 5.91 Å². The van der Waals surface area contributed by atoms with Crippen molar-refractivity contribution in [3.05, 3.63) is 50.8 Å². The summed E-state index contributed by atoms with van der Waals surface area (Å²) in [6.07, 6.45) is 7.62. The molecule has 3 heterocycles. The van der Waals surface area contributed by atoms with Gasteiger partial charge in [-0.2, -0.15) is 5.10 Å². The lowest BCUT2D eigenvalue weighted by Crippen LogP contribution is -2.48. The second-order valence-electron chi connectivity index (χ2n) is 8.61. The molecule has 4 rings (SSSR count). The third-order valence-corrected chi connectivity index (χ3v) is 6.41. The molecule has 7 heteroatoms. The van der Waals surface area contributed by atoms with Crippen LogP contribution in [0.4, 0.5) is 0 Å². The molecule has 0 aromatic carbocycles. The van der Waals surface area contributed by atoms with E-state index >= 15 is 0 Å². The Hall–Kier alpha value is -2.41. The molecule has 1 amide bonds. The molecule has 30 heavy (non-hydrogen) atoms. The van der Waals surface area contributed by atoms with E-state index in [9.17, 15) is 9.59 Å². The largest absolute Gasteiger partial charge is 0.466 e. The number of carbonyl (C=O) groups excluding carboxylic acids is 1. The summed E-state index contributed by atoms with van der Waals surface area (Å²) in [6.45, 7) is 6.63. The molecule has 1 saturated heterocycles. The van der Waals surface area contributed by atoms with Crippen LogP contribution >= 0.6 is 0 Å². The fourth-order valence-corrected chi connectivity index (χ4v) is 4.73. The zero-order valence-electron chi connectivity index (χ0n) is 18.1. The molecule has 0 bridgehead atoms. The van der Waals surface area contributed by atoms with Gasteiger partial charge >= 0.3 is 0 Å². The Balaban J connectivity index is 1.36. The second-order valence-corrected chi connectivity index (χ2v) is 8.61. The first-order chi connectivity index (χ1) is 14.5. The highest BCUT2D eigenvalue weighted by Gasteiger charge is 2.24. The Bertz CT molecular complexity index is 962. The fourth-order valence-electron chi connectivity index (χ4n) is 4.73. The number of fused-ring (bicyclic) bond motifs is 1. The summed E-state index contributed by atoms with van der Waals surface area (Å²) in [5.41, 5.74) is 2.84. The molecular weight excluding hydrogens is 380 g/mol. The minimum absolute atomic E-state index is 0.00307. The quantitative estimate of drug-likeness (QED) is 0.789. The van der Waals surface area contributed by atoms with Crippen molar-refractivity contribution in [2.45, 2.75) is 71.4 Å². The Labute approximate surface area is 177 Å². The van der Waals surface area contributed by atoms with Gasteiger partial charge in [0, 0.05) is 25.2 Å². The SMILES string of the molecule is Cc1cc(C(=O)NCC2CCCCN2CCn2nc3c(cc2=O)CCCC3)c(C)o1. The minimum Gasteiger partial charge on any atom is -0.466 e. The van der Waals surface area contributed by atoms with E-state index in [1.54, 1.807) is 16.8 Å². The number of aromatic nitrogens is 2. The van der Waals surface area contributed by atoms with Crippen LogP contribution in [-0.2, 0) is 19.4 Å². The third-order valence-electron chi connectivity index (χ3n) is 6.41. The van der Waals surface area contributed by atoms with Crippen molar-refractivity contribution in [1.82, 2.24) is 20.0 Å². The molecule has 1 fully saturated rings. The number of furan rings is 1. The lowest BCUT2D eigenvalue weighted by atomic mass is 9.97. The number of aryl methyl sites for hydroxylation is 4. The third kappa shape index (κ3) is 4.67. The number of carbonyl (C=O) groups is 1. The first kappa shape index (κ1) is 20.8. The number of amides is 1. The molecule has 0 spiro atoms. The molecule has 162 valence electrons. The van der Waals surface area contributed by atoms with Gasteiger partial charge in [0.2, 0.25) is 0 Å². The zero-order chi connectivity index (χ0) is 21.1. The summed E-state index contributed by atoms with van der Waals surface area (Å²) >= 11 is 0. The van der Waals surface area contributed by atoms with Crippen LogP contribution in [0.1, 0.15) is 65.2 Å². The van der Waals surface area contributed by atoms with Gasteiger partial charge in [0.1, 0.15) is 11.5 Å². The van der Waals surface area contributed by atoms with E-state index in [0.29, 0.717) is 24.4 Å². The van der Waals surface area contributed by atoms with Crippen LogP contribution in [0, 0.1) is 13.8 Å². The molecule has 2 aromatic rings. The number of hydrogen-bond acceptors (Lipinski definition) is 5. The van der Waals surface area contributed by atoms with E-state index < -0.39 is 0 Å². The molecule has 2 aromatic heterocycles. The highest BCUT2D eigenvalue weighted by molar-refractivity contribution is 5.95. The summed E-state index contributed by atoms with van der Waals surface area (Å²) in [5.74, 6) is 1.32. The van der Waals surface area contributed by atoms with Gasteiger partial charge in [-0.1, -0.05) is 6.42 Å². The lowest BCUT2D eigenvalue weighted by Gasteiger charge is -2.35. The smallest absolute Gasteiger partial charge is 0.267 e. The van der Waals surface area contributed by atoms with E-state index in [-0.39, 0.29) is 17.5 Å². The van der Waals surface area contributed by atoms with Gasteiger partial charge in [0.25, 0.3) is 11.5 Å². The van der Waals surface area contributed by atoms with Crippen molar-refractivity contribution in [2.24, 2.45) is 0 Å². The predicted octanol–water partition coefficient (Wildman–Crippen LogP) is 2.62. The van der Waals surface area contributed by atoms with E-state index in [0.717, 1.165) is 75.1 Å². The highest BCUT2D eigenvalue weighted by Crippen LogP contribution is 2.19. The summed E-state index contributed by atoms with van der Waals surface area (Å²) in [7, 11) is 0. The Kier molecular flexibility index (Phi) is 6.37. The molecular formula is C23H32N4O3. The van der Waals surface area contributed by atoms with Crippen LogP contribution in [0.5, 0.6) is 0 Å². The standard InChI is InChI=1S/C23H32N4O3/c1-16-13-20(17(2)30-16)23(29)24-15-19-8-5-6-10-26(19)11-12-27-22(28)14-18-7-3-4-9-21(18)25-27/h13-14,19H,3-12,15H2,1-2H3,(H,24,29). The molecule has 1 aliphatic heterocycles. The summed E-state index contributed by atoms with van der Waals surface area (Å²) in [6, 6.07) is 3.85. The Morgan fingerprint density at radius 1 is 1.17 bits per heavy atom. The average molecular weight is 413 g/mol. The van der Waals surface area contributed by atoms with Crippen molar-refractivity contribution in [3.63, 3.8) is 0 Å². The Morgan fingerprint density at radius 3 is 2.80 bits per heavy atom. The normalized spacial score (nSPS) is 19.5. The summed E-state index contributed by atoms with van der Waals surface area (Å²) < 4.78 is 7.11. The molecule has 0 radical (unpaired) electrons. The number of hydrogen-bond donors (Lipinski definition) is 1. The topological polar surface area (TPSA) is 80.4 Å². The molecule has 1 aliphatic carbocycles. The van der Waals surface area contributed by atoms with Crippen LogP contribution in [0.2, 0.25) is 0 Å². The summed E-state index contributed by atoms with van der Waals surface area (Å²) in [4.78, 5) is 27.4. The summed E-state index contributed by atoms with van der Waals surface area (Å²) in [5, 5.41) is 7.72. The van der Waals surface area contributed by atoms with Crippen molar-refractivity contribution < 1.29 is 9.21 Å². The monoisotopic (exact) mass is 412 g/mol. The molecule has 1 unspecified atom stereocenters. The maximum absolute atomic E-state index is 12.5. The van der Waals surface area contributed by atoms with Gasteiger partial charge < -0.3 is 9.73 Å². The minimum atomic E-state index is -0.0811. The van der Waals surface area contributed by atoms with E-state index in [2.05, 4.69) is 15.3 Å². The van der Waals surface area contributed by atoms with Gasteiger partial charge in [-0.05, 0) is 70.5 Å². The lowest BCUT2D eigenvalue weighted by molar-refractivity contribution is 0.0907. The van der Waals surface area contributed by atoms with E-state index in [4.69, 9.17) is 4.42 Å². The average Bonchev–Trinajstić information content (AvgIpc) is 3.09. The van der Waals surface area contributed by atoms with Crippen LogP contribution in [0.3, 0.4) is 0 Å². The number of likely N-dealkylation sites (tertiary alicyclic amines) is 1. The van der Waals surface area contributed by atoms with Gasteiger partial charge in [-0.25, -0.2) is 4.68 Å². The first-order valence-corrected chi connectivity index (χ1v) is 11.2. The van der Waals surface area contributed by atoms with Crippen LogP contribution in [-0.4, -0.2) is 46.3 Å². The van der Waals surface area contributed by atoms with Gasteiger partial charge in [-0.15, -0.1) is 0 Å². The first-order valence-electron chi connectivity index (χ1n) is 11.2. The second kappa shape index (κ2) is 9.16. The molecule has 1 N–H and O–H groups in total. The van der Waals surface area contributed by atoms with Crippen molar-refractivity contribution in [1.29, 1.82) is 0 Å². The molecule has 7 nitrogen and oxygen atoms in total. The zero-order valence-corrected chi connectivity index (χ0v) is 18.1. The van der Waals surface area contributed by atoms with Crippen LogP contribution < -0.4 is 10.9 Å². The highest BCUT2D eigenvalue weighted by atomic mass is 16.3. The maximum atomic E-state index is 12.5.